The predicted octanol–water partition coefficient (Wildman–Crippen LogP) is -0.344. The molecule has 0 aromatic carbocycles. The van der Waals surface area contributed by atoms with E-state index in [1.807, 2.05) is 0 Å². The van der Waals surface area contributed by atoms with Gasteiger partial charge in [-0.3, -0.25) is 9.59 Å². The van der Waals surface area contributed by atoms with Gasteiger partial charge in [-0.2, -0.15) is 0 Å². The molecule has 0 aliphatic carbocycles. The molecule has 0 atom stereocenters. The zero-order valence-electron chi connectivity index (χ0n) is 11.4. The van der Waals surface area contributed by atoms with Crippen LogP contribution < -0.4 is 10.5 Å². The third-order valence-corrected chi connectivity index (χ3v) is 3.47. The van der Waals surface area contributed by atoms with Crippen LogP contribution in [0.4, 0.5) is 0 Å². The number of sulfonamides is 1. The van der Waals surface area contributed by atoms with Gasteiger partial charge in [-0.05, 0) is 19.9 Å². The fourth-order valence-corrected chi connectivity index (χ4v) is 2.29. The van der Waals surface area contributed by atoms with Crippen LogP contribution in [0.5, 0.6) is 0 Å². The molecule has 0 fully saturated rings. The molecule has 0 radical (unpaired) electrons. The van der Waals surface area contributed by atoms with Gasteiger partial charge in [0.15, 0.2) is 0 Å². The number of rotatable bonds is 5. The van der Waals surface area contributed by atoms with Crippen molar-refractivity contribution in [2.75, 3.05) is 0 Å². The minimum atomic E-state index is -3.90. The summed E-state index contributed by atoms with van der Waals surface area (Å²) in [6.07, 6.45) is 0.958. The van der Waals surface area contributed by atoms with Crippen molar-refractivity contribution in [2.45, 2.75) is 30.7 Å². The SMILES string of the molecule is Cn1cc(S(N)(=O)=O)cc1C(=O)NC(C)(C)CC(=O)O. The lowest BCUT2D eigenvalue weighted by Gasteiger charge is -2.24. The zero-order chi connectivity index (χ0) is 15.7. The van der Waals surface area contributed by atoms with Crippen LogP contribution in [-0.4, -0.2) is 35.5 Å². The van der Waals surface area contributed by atoms with Gasteiger partial charge >= 0.3 is 5.97 Å². The van der Waals surface area contributed by atoms with Crippen molar-refractivity contribution in [2.24, 2.45) is 12.2 Å². The molecule has 4 N–H and O–H groups in total. The lowest BCUT2D eigenvalue weighted by molar-refractivity contribution is -0.138. The highest BCUT2D eigenvalue weighted by Gasteiger charge is 2.26. The van der Waals surface area contributed by atoms with E-state index in [-0.39, 0.29) is 17.0 Å². The monoisotopic (exact) mass is 303 g/mol. The maximum absolute atomic E-state index is 12.0. The van der Waals surface area contributed by atoms with E-state index in [0.717, 1.165) is 6.07 Å². The second-order valence-electron chi connectivity index (χ2n) is 5.13. The number of nitrogens with two attached hydrogens (primary N) is 1. The standard InChI is InChI=1S/C11H17N3O5S/c1-11(2,5-9(15)16)13-10(17)8-4-7(6-14(8)3)20(12,18)19/h4,6H,5H2,1-3H3,(H,13,17)(H,15,16)(H2,12,18,19). The molecule has 0 aliphatic rings. The minimum absolute atomic E-state index is 0.0764. The molecule has 1 aromatic rings. The Hall–Kier alpha value is -1.87. The Balaban J connectivity index is 2.99. The summed E-state index contributed by atoms with van der Waals surface area (Å²) >= 11 is 0. The first-order valence-electron chi connectivity index (χ1n) is 5.66. The Morgan fingerprint density at radius 3 is 2.40 bits per heavy atom. The smallest absolute Gasteiger partial charge is 0.305 e. The van der Waals surface area contributed by atoms with Crippen LogP contribution in [0.3, 0.4) is 0 Å². The number of aliphatic carboxylic acids is 1. The number of carboxylic acids is 1. The number of aromatic nitrogens is 1. The highest BCUT2D eigenvalue weighted by molar-refractivity contribution is 7.89. The van der Waals surface area contributed by atoms with Crippen LogP contribution in [0, 0.1) is 0 Å². The van der Waals surface area contributed by atoms with Gasteiger partial charge in [0.2, 0.25) is 10.0 Å². The lowest BCUT2D eigenvalue weighted by Crippen LogP contribution is -2.45. The molecular weight excluding hydrogens is 286 g/mol. The maximum atomic E-state index is 12.0. The number of carboxylic acid groups (broad SMARTS) is 1. The van der Waals surface area contributed by atoms with Gasteiger partial charge < -0.3 is 15.0 Å². The van der Waals surface area contributed by atoms with E-state index in [1.54, 1.807) is 13.8 Å². The molecular formula is C11H17N3O5S. The van der Waals surface area contributed by atoms with E-state index < -0.39 is 27.4 Å². The van der Waals surface area contributed by atoms with E-state index >= 15 is 0 Å². The molecule has 0 unspecified atom stereocenters. The summed E-state index contributed by atoms with van der Waals surface area (Å²) in [7, 11) is -2.40. The first-order valence-corrected chi connectivity index (χ1v) is 7.20. The van der Waals surface area contributed by atoms with Crippen molar-refractivity contribution < 1.29 is 23.1 Å². The largest absolute Gasteiger partial charge is 0.481 e. The summed E-state index contributed by atoms with van der Waals surface area (Å²) in [5, 5.41) is 16.3. The number of primary sulfonamides is 1. The number of carbonyl (C=O) groups is 2. The van der Waals surface area contributed by atoms with Gasteiger partial charge in [0.1, 0.15) is 10.6 Å². The molecule has 0 bridgehead atoms. The topological polar surface area (TPSA) is 131 Å². The van der Waals surface area contributed by atoms with E-state index in [0.29, 0.717) is 0 Å². The van der Waals surface area contributed by atoms with Crippen LogP contribution >= 0.6 is 0 Å². The molecule has 1 amide bonds. The lowest BCUT2D eigenvalue weighted by atomic mass is 10.0. The molecule has 9 heteroatoms. The number of carbonyl (C=O) groups excluding carboxylic acids is 1. The fourth-order valence-electron chi connectivity index (χ4n) is 1.71. The number of hydrogen-bond acceptors (Lipinski definition) is 4. The van der Waals surface area contributed by atoms with Crippen molar-refractivity contribution in [3.8, 4) is 0 Å². The van der Waals surface area contributed by atoms with Crippen LogP contribution in [0.1, 0.15) is 30.8 Å². The van der Waals surface area contributed by atoms with Crippen molar-refractivity contribution in [3.05, 3.63) is 18.0 Å². The Bertz CT molecular complexity index is 645. The summed E-state index contributed by atoms with van der Waals surface area (Å²) in [6.45, 7) is 3.12. The molecule has 20 heavy (non-hydrogen) atoms. The van der Waals surface area contributed by atoms with Crippen molar-refractivity contribution >= 4 is 21.9 Å². The third-order valence-electron chi connectivity index (χ3n) is 2.59. The summed E-state index contributed by atoms with van der Waals surface area (Å²) in [5.74, 6) is -1.62. The summed E-state index contributed by atoms with van der Waals surface area (Å²) < 4.78 is 23.7. The molecule has 112 valence electrons. The van der Waals surface area contributed by atoms with E-state index in [9.17, 15) is 18.0 Å². The molecule has 0 spiro atoms. The van der Waals surface area contributed by atoms with E-state index in [4.69, 9.17) is 10.2 Å². The van der Waals surface area contributed by atoms with Gasteiger partial charge in [0.25, 0.3) is 5.91 Å². The summed E-state index contributed by atoms with van der Waals surface area (Å²) in [5.41, 5.74) is -0.887. The zero-order valence-corrected chi connectivity index (χ0v) is 12.2. The van der Waals surface area contributed by atoms with Crippen LogP contribution in [0.15, 0.2) is 17.2 Å². The van der Waals surface area contributed by atoms with Gasteiger partial charge in [0.05, 0.1) is 6.42 Å². The Morgan fingerprint density at radius 2 is 2.00 bits per heavy atom. The molecule has 1 heterocycles. The molecule has 0 aliphatic heterocycles. The first kappa shape index (κ1) is 16.2. The molecule has 8 nitrogen and oxygen atoms in total. The van der Waals surface area contributed by atoms with Crippen molar-refractivity contribution in [3.63, 3.8) is 0 Å². The Kier molecular flexibility index (Phi) is 4.25. The number of nitrogens with zero attached hydrogens (tertiary/aromatic N) is 1. The average Bonchev–Trinajstić information content (AvgIpc) is 2.56. The van der Waals surface area contributed by atoms with Gasteiger partial charge in [-0.1, -0.05) is 0 Å². The van der Waals surface area contributed by atoms with Crippen molar-refractivity contribution in [1.82, 2.24) is 9.88 Å². The quantitative estimate of drug-likeness (QED) is 0.684. The Labute approximate surface area is 116 Å². The number of nitrogens with one attached hydrogen (secondary N) is 1. The summed E-state index contributed by atoms with van der Waals surface area (Å²) in [6, 6.07) is 1.14. The van der Waals surface area contributed by atoms with E-state index in [1.165, 1.54) is 17.8 Å². The van der Waals surface area contributed by atoms with Crippen molar-refractivity contribution in [1.29, 1.82) is 0 Å². The second kappa shape index (κ2) is 5.25. The predicted molar refractivity (Wildman–Crippen MR) is 70.6 cm³/mol. The normalized spacial score (nSPS) is 12.2. The Morgan fingerprint density at radius 1 is 1.45 bits per heavy atom. The molecule has 0 saturated carbocycles. The molecule has 1 aromatic heterocycles. The fraction of sp³-hybridized carbons (Fsp3) is 0.455. The first-order chi connectivity index (χ1) is 8.92. The number of hydrogen-bond donors (Lipinski definition) is 3. The summed E-state index contributed by atoms with van der Waals surface area (Å²) in [4.78, 5) is 22.5. The van der Waals surface area contributed by atoms with Crippen LogP contribution in [0.2, 0.25) is 0 Å². The molecule has 0 saturated heterocycles. The molecule has 1 rings (SSSR count). The highest BCUT2D eigenvalue weighted by atomic mass is 32.2. The minimum Gasteiger partial charge on any atom is -0.481 e. The average molecular weight is 303 g/mol. The van der Waals surface area contributed by atoms with Gasteiger partial charge in [-0.15, -0.1) is 0 Å². The van der Waals surface area contributed by atoms with Gasteiger partial charge in [0, 0.05) is 18.8 Å². The number of amides is 1. The number of aryl methyl sites for hydroxylation is 1. The maximum Gasteiger partial charge on any atom is 0.305 e. The van der Waals surface area contributed by atoms with Crippen LogP contribution in [-0.2, 0) is 21.9 Å². The van der Waals surface area contributed by atoms with E-state index in [2.05, 4.69) is 5.32 Å². The third kappa shape index (κ3) is 4.07. The highest BCUT2D eigenvalue weighted by Crippen LogP contribution is 2.14. The second-order valence-corrected chi connectivity index (χ2v) is 6.69. The van der Waals surface area contributed by atoms with Crippen LogP contribution in [0.25, 0.3) is 0 Å². The van der Waals surface area contributed by atoms with Gasteiger partial charge in [-0.25, -0.2) is 13.6 Å².